The first-order chi connectivity index (χ1) is 21.1. The monoisotopic (exact) mass is 2090 g/mol. The number of thioether (sulfide) groups is 4. The van der Waals surface area contributed by atoms with Crippen molar-refractivity contribution in [3.63, 3.8) is 0 Å². The van der Waals surface area contributed by atoms with Crippen LogP contribution in [0.1, 0.15) is 275 Å². The molecule has 7 radical (unpaired) electrons. The van der Waals surface area contributed by atoms with Gasteiger partial charge in [-0.1, -0.05) is 188 Å². The Hall–Kier alpha value is 10.3. The second-order valence-corrected chi connectivity index (χ2v) is 18.8. The van der Waals surface area contributed by atoms with Gasteiger partial charge in [-0.2, -0.15) is 101 Å². The first-order valence-electron chi connectivity index (χ1n) is 15.5. The van der Waals surface area contributed by atoms with E-state index >= 15 is 0 Å². The zero-order valence-electron chi connectivity index (χ0n) is 42.3. The van der Waals surface area contributed by atoms with E-state index in [0.29, 0.717) is 0 Å². The van der Waals surface area contributed by atoms with Crippen molar-refractivity contribution in [1.82, 2.24) is 0 Å². The quantitative estimate of drug-likeness (QED) is 0.163. The van der Waals surface area contributed by atoms with Gasteiger partial charge in [-0.25, -0.2) is 0 Å². The van der Waals surface area contributed by atoms with Gasteiger partial charge in [-0.15, -0.1) is 29.9 Å². The van der Waals surface area contributed by atoms with Crippen LogP contribution in [0.3, 0.4) is 0 Å². The molecule has 75 heavy (non-hydrogen) atoms. The van der Waals surface area contributed by atoms with E-state index in [9.17, 15) is 0 Å². The van der Waals surface area contributed by atoms with E-state index < -0.39 is 0 Å². The summed E-state index contributed by atoms with van der Waals surface area (Å²) in [4.78, 5) is 0. The maximum absolute atomic E-state index is 4.88. The van der Waals surface area contributed by atoms with Crippen molar-refractivity contribution in [1.29, 1.82) is 0 Å². The van der Waals surface area contributed by atoms with E-state index in [0.717, 1.165) is 29.6 Å². The summed E-state index contributed by atoms with van der Waals surface area (Å²) in [5.74, 6) is 4.61. The van der Waals surface area contributed by atoms with Crippen molar-refractivity contribution in [3.8, 4) is 0 Å². The summed E-state index contributed by atoms with van der Waals surface area (Å²) in [6.45, 7) is 41.5. The predicted molar refractivity (Wildman–Crippen MR) is 384 cm³/mol. The first-order valence-corrected chi connectivity index (χ1v) is 21.2. The van der Waals surface area contributed by atoms with Crippen LogP contribution in [-0.4, -0.2) is 29.3 Å². The summed E-state index contributed by atoms with van der Waals surface area (Å²) in [7, 11) is 0. The molecule has 0 aromatic rings. The fourth-order valence-electron chi connectivity index (χ4n) is 1.43. The third-order valence-electron chi connectivity index (χ3n) is 4.27. The van der Waals surface area contributed by atoms with Gasteiger partial charge >= 0.3 is 42.1 Å². The minimum atomic E-state index is 0. The Morgan fingerprint density at radius 3 is 0.533 bits per heavy atom. The summed E-state index contributed by atoms with van der Waals surface area (Å²) in [6.07, 6.45) is 16.4. The smallest absolute Gasteiger partial charge is 0.507 e. The number of allylic oxidation sites excluding steroid dienone is 2. The first kappa shape index (κ1) is 260. The number of hydrogen-bond donors (Lipinski definition) is 0. The summed E-state index contributed by atoms with van der Waals surface area (Å²) in [5, 5.41) is 2.80. The predicted octanol–water partition coefficient (Wildman–Crippen LogP) is 28.8. The molecule has 0 aliphatic heterocycles. The van der Waals surface area contributed by atoms with Crippen LogP contribution in [0.4, 0.5) is 0 Å². The van der Waals surface area contributed by atoms with Gasteiger partial charge in [0.15, 0.2) is 0 Å². The van der Waals surface area contributed by atoms with Gasteiger partial charge in [0, 0.05) is 246 Å². The van der Waals surface area contributed by atoms with Crippen molar-refractivity contribution in [2.24, 2.45) is 0 Å². The Balaban J connectivity index is -0.00000000605. The maximum Gasteiger partial charge on any atom is 2.00 e. The van der Waals surface area contributed by atoms with E-state index in [4.69, 9.17) is 24.4 Å². The Labute approximate surface area is 740 Å². The summed E-state index contributed by atoms with van der Waals surface area (Å²) in [5.41, 5.74) is 0. The number of rotatable bonds is 9. The molecule has 0 aromatic heterocycles. The molecule has 0 heterocycles. The van der Waals surface area contributed by atoms with E-state index in [1.165, 1.54) is 42.1 Å². The molecule has 469 valence electrons. The van der Waals surface area contributed by atoms with Crippen molar-refractivity contribution in [2.45, 2.75) is 275 Å². The van der Waals surface area contributed by atoms with Crippen LogP contribution < -0.4 is 0 Å². The zero-order chi connectivity index (χ0) is 38.7. The average Bonchev–Trinajstić information content (AvgIpc) is 2.94. The number of hydrogen-bond acceptors (Lipinski definition) is 8. The van der Waals surface area contributed by atoms with Gasteiger partial charge in [0.25, 0.3) is 0 Å². The molecule has 0 nitrogen and oxygen atoms in total. The molecule has 0 saturated carbocycles. The molecule has 0 aliphatic rings. The van der Waals surface area contributed by atoms with Crippen LogP contribution in [0.25, 0.3) is 0 Å². The average molecular weight is 2090 g/mol. The van der Waals surface area contributed by atoms with Crippen molar-refractivity contribution in [3.05, 3.63) is 83.3 Å². The molecule has 0 N–H and O–H groups in total. The molecule has 0 bridgehead atoms. The van der Waals surface area contributed by atoms with Gasteiger partial charge in [-0.3, -0.25) is 23.7 Å². The van der Waals surface area contributed by atoms with E-state index in [1.807, 2.05) is 40.2 Å². The topological polar surface area (TPSA) is 0 Å². The second kappa shape index (κ2) is 241. The Bertz CT molecular complexity index is 642. The third kappa shape index (κ3) is 485. The molecule has 0 aromatic carbocycles. The van der Waals surface area contributed by atoms with Crippen LogP contribution >= 0.6 is 95.9 Å². The van der Waals surface area contributed by atoms with Gasteiger partial charge in [0.05, 0.1) is 0 Å². The van der Waals surface area contributed by atoms with Crippen molar-refractivity contribution >= 4 is 113 Å². The maximum atomic E-state index is 4.88. The standard InChI is InChI=1S/C9H18.2C6H11S2.C5H11.2C3H6S2.2C3H5.16CH4.4CH3.2W.7Y/c1-8(2)6-5-7-9(3)4;2*1-4-5(2)8-6(3)7;1-4-5(2)3;2*1-3(4)5-2;2*1-3-2;;;;;;;;;;;;;;;;;;;;;;;;;;;;;/h5-7H2,1-4H3;2*4H2,1-3H3;4H2,1-3H3;2*1-2H3;2*1H2,2H3;16*1H4;4*1H3;;;;;;;;;/q-2;3*-1;;;2*-1;;;;;;;;;;;;;;;;;4*-1;2*+2;;;;;;;. The Morgan fingerprint density at radius 1 is 0.373 bits per heavy atom. The minimum Gasteiger partial charge on any atom is -0.507 e. The molecule has 0 unspecified atom stereocenters. The molecule has 0 saturated heterocycles. The zero-order valence-corrected chi connectivity index (χ0v) is 74.5. The molecule has 17 heteroatoms. The molecule has 0 rings (SSSR count). The SMILES string of the molecule is C.C.C.C.C.C.C.C.C.C.C.C.C.C.C.C.C=[C-]C.C=[C-]C.CC[C-](C)C.CC[C-](C)SC(C)=S.CC[C-](C)SC(C)=S.CSC(C)=S.CSC(C)=S.C[C-](C)CCC[C-](C)C.[CH3-].[CH3-].[CH3-].[CH3-].[W+2].[W+2].[Y].[Y].[Y].[Y].[Y].[Y].[Y]. The molecular weight excluding hydrogens is 1940 g/mol. The summed E-state index contributed by atoms with van der Waals surface area (Å²) >= 11 is 25.7. The van der Waals surface area contributed by atoms with Crippen LogP contribution in [0, 0.1) is 70.1 Å². The van der Waals surface area contributed by atoms with E-state index in [2.05, 4.69) is 126 Å². The summed E-state index contributed by atoms with van der Waals surface area (Å²) < 4.78 is 4.05. The van der Waals surface area contributed by atoms with Crippen molar-refractivity contribution in [2.75, 3.05) is 12.5 Å². The molecule has 0 amide bonds. The Kier molecular flexibility index (Phi) is 833. The molecule has 0 spiro atoms. The van der Waals surface area contributed by atoms with E-state index in [-0.39, 0.29) is 420 Å². The van der Waals surface area contributed by atoms with E-state index in [1.54, 1.807) is 72.7 Å². The van der Waals surface area contributed by atoms with Gasteiger partial charge in [-0.05, 0) is 40.2 Å². The minimum absolute atomic E-state index is 0. The third-order valence-corrected chi connectivity index (χ3v) is 8.77. The van der Waals surface area contributed by atoms with Crippen LogP contribution in [0.15, 0.2) is 13.2 Å². The molecular formula is C58H149S8W2Y7-7. The van der Waals surface area contributed by atoms with Crippen LogP contribution in [-0.2, 0) is 271 Å². The van der Waals surface area contributed by atoms with Crippen LogP contribution in [0.2, 0.25) is 0 Å². The van der Waals surface area contributed by atoms with Crippen molar-refractivity contribution < 1.29 is 271 Å². The summed E-state index contributed by atoms with van der Waals surface area (Å²) in [6, 6.07) is 0. The normalized spacial score (nSPS) is 5.49. The molecule has 0 fully saturated rings. The van der Waals surface area contributed by atoms with Crippen LogP contribution in [0.5, 0.6) is 0 Å². The van der Waals surface area contributed by atoms with Gasteiger partial charge in [0.2, 0.25) is 0 Å². The van der Waals surface area contributed by atoms with Gasteiger partial charge < -0.3 is 83.1 Å². The second-order valence-electron chi connectivity index (χ2n) is 10.2. The molecule has 0 aliphatic carbocycles. The fourth-order valence-corrected chi connectivity index (χ4v) is 3.55. The van der Waals surface area contributed by atoms with Gasteiger partial charge in [0.1, 0.15) is 0 Å². The fraction of sp³-hybridized carbons (Fsp3) is 0.707. The Morgan fingerprint density at radius 2 is 0.493 bits per heavy atom. The largest absolute Gasteiger partial charge is 2.00 e. The number of thiocarbonyl (C=S) groups is 4. The molecule has 0 atom stereocenters.